The molecule has 0 fully saturated rings. The molecule has 33 heavy (non-hydrogen) atoms. The molecule has 0 heterocycles. The third kappa shape index (κ3) is 6.20. The van der Waals surface area contributed by atoms with Crippen molar-refractivity contribution in [3.05, 3.63) is 90.5 Å². The molecule has 0 atom stereocenters. The lowest BCUT2D eigenvalue weighted by Crippen LogP contribution is -2.27. The summed E-state index contributed by atoms with van der Waals surface area (Å²) in [6.45, 7) is 2.18. The van der Waals surface area contributed by atoms with Crippen molar-refractivity contribution in [2.45, 2.75) is 66.3 Å². The van der Waals surface area contributed by atoms with Crippen LogP contribution in [-0.2, 0) is 15.4 Å². The SMILES string of the molecule is CCCCCCCc1ccc(S(OC(=O)C(F)(F)F)(c2ccccc2)c2ccccc2)cc1. The van der Waals surface area contributed by atoms with E-state index in [9.17, 15) is 18.0 Å². The largest absolute Gasteiger partial charge is 0.491 e. The maximum absolute atomic E-state index is 13.4. The molecule has 6 heteroatoms. The standard InChI is InChI=1S/C27H29F3O2S/c1-2-3-4-5-8-13-22-18-20-25(21-19-22)33(23-14-9-6-10-15-23,24-16-11-7-12-17-24)32-26(31)27(28,29)30/h6-7,9-12,14-21H,2-5,8,13H2,1H3. The first-order valence-corrected chi connectivity index (χ1v) is 12.8. The van der Waals surface area contributed by atoms with Crippen LogP contribution in [0.15, 0.2) is 99.6 Å². The van der Waals surface area contributed by atoms with E-state index in [1.54, 1.807) is 72.8 Å². The van der Waals surface area contributed by atoms with Crippen LogP contribution in [0.25, 0.3) is 0 Å². The van der Waals surface area contributed by atoms with E-state index in [4.69, 9.17) is 4.18 Å². The van der Waals surface area contributed by atoms with E-state index in [-0.39, 0.29) is 0 Å². The van der Waals surface area contributed by atoms with Crippen molar-refractivity contribution in [3.8, 4) is 0 Å². The Labute approximate surface area is 195 Å². The molecule has 0 unspecified atom stereocenters. The molecule has 2 nitrogen and oxygen atoms in total. The van der Waals surface area contributed by atoms with E-state index < -0.39 is 22.5 Å². The summed E-state index contributed by atoms with van der Waals surface area (Å²) in [5, 5.41) is 0. The van der Waals surface area contributed by atoms with Gasteiger partial charge < -0.3 is 4.18 Å². The van der Waals surface area contributed by atoms with Crippen LogP contribution >= 0.6 is 10.3 Å². The van der Waals surface area contributed by atoms with Crippen LogP contribution < -0.4 is 0 Å². The Morgan fingerprint density at radius 3 is 1.70 bits per heavy atom. The second kappa shape index (κ2) is 11.4. The van der Waals surface area contributed by atoms with Gasteiger partial charge in [-0.3, -0.25) is 0 Å². The highest BCUT2D eigenvalue weighted by Gasteiger charge is 2.47. The van der Waals surface area contributed by atoms with Crippen LogP contribution in [0.3, 0.4) is 0 Å². The number of carbonyl (C=O) groups excluding carboxylic acids is 1. The highest BCUT2D eigenvalue weighted by Crippen LogP contribution is 2.69. The van der Waals surface area contributed by atoms with Crippen molar-refractivity contribution in [3.63, 3.8) is 0 Å². The van der Waals surface area contributed by atoms with Gasteiger partial charge in [-0.2, -0.15) is 13.2 Å². The molecule has 0 aliphatic carbocycles. The van der Waals surface area contributed by atoms with Gasteiger partial charge in [-0.05, 0) is 65.1 Å². The summed E-state index contributed by atoms with van der Waals surface area (Å²) in [4.78, 5) is 13.8. The van der Waals surface area contributed by atoms with E-state index in [1.807, 2.05) is 12.1 Å². The zero-order chi connectivity index (χ0) is 23.7. The summed E-state index contributed by atoms with van der Waals surface area (Å²) in [5.74, 6) is -2.19. The third-order valence-electron chi connectivity index (χ3n) is 5.41. The zero-order valence-electron chi connectivity index (χ0n) is 18.7. The number of hydrogen-bond acceptors (Lipinski definition) is 2. The molecule has 0 aliphatic heterocycles. The Morgan fingerprint density at radius 2 is 1.21 bits per heavy atom. The van der Waals surface area contributed by atoms with Crippen molar-refractivity contribution in [2.24, 2.45) is 0 Å². The van der Waals surface area contributed by atoms with Crippen LogP contribution in [-0.4, -0.2) is 12.1 Å². The minimum atomic E-state index is -5.10. The Morgan fingerprint density at radius 1 is 0.727 bits per heavy atom. The van der Waals surface area contributed by atoms with Gasteiger partial charge in [0.2, 0.25) is 0 Å². The van der Waals surface area contributed by atoms with Crippen molar-refractivity contribution >= 4 is 16.3 Å². The molecule has 0 aliphatic rings. The van der Waals surface area contributed by atoms with Crippen LogP contribution in [0.2, 0.25) is 0 Å². The molecule has 3 aromatic rings. The molecule has 0 N–H and O–H groups in total. The minimum Gasteiger partial charge on any atom is -0.395 e. The smallest absolute Gasteiger partial charge is 0.395 e. The monoisotopic (exact) mass is 474 g/mol. The normalized spacial score (nSPS) is 12.4. The van der Waals surface area contributed by atoms with Crippen LogP contribution in [0.5, 0.6) is 0 Å². The lowest BCUT2D eigenvalue weighted by atomic mass is 10.1. The molecule has 0 bridgehead atoms. The second-order valence-electron chi connectivity index (χ2n) is 7.86. The molecule has 0 spiro atoms. The summed E-state index contributed by atoms with van der Waals surface area (Å²) in [5.41, 5.74) is 1.12. The predicted octanol–water partition coefficient (Wildman–Crippen LogP) is 8.50. The van der Waals surface area contributed by atoms with Crippen LogP contribution in [0, 0.1) is 0 Å². The maximum Gasteiger partial charge on any atom is 0.491 e. The van der Waals surface area contributed by atoms with E-state index in [0.717, 1.165) is 24.8 Å². The van der Waals surface area contributed by atoms with Crippen LogP contribution in [0.4, 0.5) is 13.2 Å². The Bertz CT molecular complexity index is 964. The summed E-state index contributed by atoms with van der Waals surface area (Å²) in [6, 6.07) is 24.9. The zero-order valence-corrected chi connectivity index (χ0v) is 19.5. The topological polar surface area (TPSA) is 26.3 Å². The quantitative estimate of drug-likeness (QED) is 0.275. The number of benzene rings is 3. The van der Waals surface area contributed by atoms with Gasteiger partial charge >= 0.3 is 12.1 Å². The molecule has 0 radical (unpaired) electrons. The predicted molar refractivity (Wildman–Crippen MR) is 126 cm³/mol. The van der Waals surface area contributed by atoms with Crippen molar-refractivity contribution in [1.29, 1.82) is 0 Å². The lowest BCUT2D eigenvalue weighted by molar-refractivity contribution is -0.188. The molecule has 0 aromatic heterocycles. The van der Waals surface area contributed by atoms with Gasteiger partial charge in [0.25, 0.3) is 0 Å². The number of rotatable bonds is 10. The first-order chi connectivity index (χ1) is 15.9. The van der Waals surface area contributed by atoms with Gasteiger partial charge in [0, 0.05) is 14.7 Å². The Kier molecular flexibility index (Phi) is 8.61. The fourth-order valence-corrected chi connectivity index (χ4v) is 6.74. The summed E-state index contributed by atoms with van der Waals surface area (Å²) < 4.78 is 45.5. The van der Waals surface area contributed by atoms with Gasteiger partial charge in [-0.1, -0.05) is 81.1 Å². The van der Waals surface area contributed by atoms with E-state index >= 15 is 0 Å². The molecular weight excluding hydrogens is 445 g/mol. The number of carbonyl (C=O) groups is 1. The molecule has 3 rings (SSSR count). The highest BCUT2D eigenvalue weighted by atomic mass is 32.3. The van der Waals surface area contributed by atoms with Crippen molar-refractivity contribution in [1.82, 2.24) is 0 Å². The summed E-state index contributed by atoms with van der Waals surface area (Å²) >= 11 is 0. The molecule has 0 saturated heterocycles. The number of unbranched alkanes of at least 4 members (excludes halogenated alkanes) is 4. The van der Waals surface area contributed by atoms with Crippen molar-refractivity contribution < 1.29 is 22.1 Å². The maximum atomic E-state index is 13.4. The fourth-order valence-electron chi connectivity index (χ4n) is 3.72. The number of alkyl halides is 3. The highest BCUT2D eigenvalue weighted by molar-refractivity contribution is 8.30. The van der Waals surface area contributed by atoms with Crippen molar-refractivity contribution in [2.75, 3.05) is 0 Å². The molecule has 0 amide bonds. The number of hydrogen-bond donors (Lipinski definition) is 0. The average molecular weight is 475 g/mol. The molecular formula is C27H29F3O2S. The van der Waals surface area contributed by atoms with Crippen LogP contribution in [0.1, 0.15) is 44.6 Å². The summed E-state index contributed by atoms with van der Waals surface area (Å²) in [6.07, 6.45) is 1.65. The van der Waals surface area contributed by atoms with Gasteiger partial charge in [0.1, 0.15) is 0 Å². The van der Waals surface area contributed by atoms with E-state index in [1.165, 1.54) is 19.3 Å². The van der Waals surface area contributed by atoms with Gasteiger partial charge in [-0.25, -0.2) is 4.79 Å². The number of halogens is 3. The minimum absolute atomic E-state index is 0.529. The van der Waals surface area contributed by atoms with E-state index in [2.05, 4.69) is 6.92 Å². The first kappa shape index (κ1) is 24.9. The number of aryl methyl sites for hydroxylation is 1. The van der Waals surface area contributed by atoms with E-state index in [0.29, 0.717) is 14.7 Å². The van der Waals surface area contributed by atoms with Gasteiger partial charge in [0.15, 0.2) is 0 Å². The summed E-state index contributed by atoms with van der Waals surface area (Å²) in [7, 11) is -2.93. The molecule has 0 saturated carbocycles. The molecule has 3 aromatic carbocycles. The Hall–Kier alpha value is -2.73. The third-order valence-corrected chi connectivity index (χ3v) is 8.62. The average Bonchev–Trinajstić information content (AvgIpc) is 2.83. The molecule has 176 valence electrons. The van der Waals surface area contributed by atoms with Gasteiger partial charge in [-0.15, -0.1) is 0 Å². The lowest BCUT2D eigenvalue weighted by Gasteiger charge is -2.39. The van der Waals surface area contributed by atoms with Gasteiger partial charge in [0.05, 0.1) is 0 Å². The fraction of sp³-hybridized carbons (Fsp3) is 0.296. The second-order valence-corrected chi connectivity index (χ2v) is 10.6. The Balaban J connectivity index is 2.04. The first-order valence-electron chi connectivity index (χ1n) is 11.2.